The van der Waals surface area contributed by atoms with Crippen LogP contribution in [-0.2, 0) is 6.54 Å². The number of hydrogen-bond acceptors (Lipinski definition) is 2. The quantitative estimate of drug-likeness (QED) is 0.806. The van der Waals surface area contributed by atoms with E-state index >= 15 is 0 Å². The van der Waals surface area contributed by atoms with Gasteiger partial charge in [-0.05, 0) is 26.3 Å². The van der Waals surface area contributed by atoms with Crippen molar-refractivity contribution in [3.8, 4) is 0 Å². The summed E-state index contributed by atoms with van der Waals surface area (Å²) in [5.74, 6) is -0.200. The highest BCUT2D eigenvalue weighted by atomic mass is 19.1. The van der Waals surface area contributed by atoms with Gasteiger partial charge in [0.1, 0.15) is 5.82 Å². The molecule has 0 aliphatic rings. The van der Waals surface area contributed by atoms with Crippen molar-refractivity contribution >= 4 is 0 Å². The Kier molecular flexibility index (Phi) is 4.44. The molecule has 1 aromatic rings. The molecule has 0 bridgehead atoms. The lowest BCUT2D eigenvalue weighted by Gasteiger charge is -2.21. The van der Waals surface area contributed by atoms with Crippen molar-refractivity contribution in [3.63, 3.8) is 0 Å². The topological polar surface area (TPSA) is 32.3 Å². The first-order valence-corrected chi connectivity index (χ1v) is 5.63. The van der Waals surface area contributed by atoms with Gasteiger partial charge in [-0.1, -0.05) is 24.6 Å². The summed E-state index contributed by atoms with van der Waals surface area (Å²) in [6, 6.07) is 5.05. The molecule has 1 aromatic carbocycles. The third kappa shape index (κ3) is 3.91. The van der Waals surface area contributed by atoms with Gasteiger partial charge in [-0.25, -0.2) is 4.39 Å². The first kappa shape index (κ1) is 13.1. The van der Waals surface area contributed by atoms with Crippen molar-refractivity contribution in [3.05, 3.63) is 35.1 Å². The van der Waals surface area contributed by atoms with E-state index < -0.39 is 5.60 Å². The zero-order valence-corrected chi connectivity index (χ0v) is 10.2. The van der Waals surface area contributed by atoms with Crippen LogP contribution < -0.4 is 5.32 Å². The second-order valence-corrected chi connectivity index (χ2v) is 4.55. The Morgan fingerprint density at radius 2 is 2.12 bits per heavy atom. The van der Waals surface area contributed by atoms with E-state index in [-0.39, 0.29) is 5.82 Å². The maximum atomic E-state index is 13.4. The minimum absolute atomic E-state index is 0.200. The standard InChI is InChI=1S/C13H20FNO/c1-4-13(3,16)9-15-8-11-7-10(2)5-6-12(11)14/h5-7,15-16H,4,8-9H2,1-3H3. The zero-order valence-electron chi connectivity index (χ0n) is 10.2. The fraction of sp³-hybridized carbons (Fsp3) is 0.538. The predicted octanol–water partition coefficient (Wildman–Crippen LogP) is 2.38. The zero-order chi connectivity index (χ0) is 12.2. The summed E-state index contributed by atoms with van der Waals surface area (Å²) in [6.07, 6.45) is 0.677. The van der Waals surface area contributed by atoms with Crippen LogP contribution in [0.3, 0.4) is 0 Å². The molecule has 1 atom stereocenters. The second-order valence-electron chi connectivity index (χ2n) is 4.55. The molecule has 0 aliphatic carbocycles. The maximum Gasteiger partial charge on any atom is 0.127 e. The average molecular weight is 225 g/mol. The molecule has 0 heterocycles. The van der Waals surface area contributed by atoms with Crippen LogP contribution in [0.2, 0.25) is 0 Å². The smallest absolute Gasteiger partial charge is 0.127 e. The van der Waals surface area contributed by atoms with Gasteiger partial charge in [0.25, 0.3) is 0 Å². The lowest BCUT2D eigenvalue weighted by Crippen LogP contribution is -2.36. The summed E-state index contributed by atoms with van der Waals surface area (Å²) in [4.78, 5) is 0. The van der Waals surface area contributed by atoms with Crippen molar-refractivity contribution in [2.24, 2.45) is 0 Å². The molecule has 16 heavy (non-hydrogen) atoms. The predicted molar refractivity (Wildman–Crippen MR) is 63.8 cm³/mol. The number of aliphatic hydroxyl groups is 1. The van der Waals surface area contributed by atoms with Crippen LogP contribution in [0.1, 0.15) is 31.4 Å². The SMILES string of the molecule is CCC(C)(O)CNCc1cc(C)ccc1F. The molecule has 1 rings (SSSR count). The lowest BCUT2D eigenvalue weighted by molar-refractivity contribution is 0.0555. The van der Waals surface area contributed by atoms with Crippen LogP contribution in [0.25, 0.3) is 0 Å². The van der Waals surface area contributed by atoms with Gasteiger partial charge in [-0.2, -0.15) is 0 Å². The Morgan fingerprint density at radius 1 is 1.44 bits per heavy atom. The third-order valence-electron chi connectivity index (χ3n) is 2.78. The minimum Gasteiger partial charge on any atom is -0.389 e. The van der Waals surface area contributed by atoms with Gasteiger partial charge < -0.3 is 10.4 Å². The van der Waals surface area contributed by atoms with E-state index in [0.717, 1.165) is 5.56 Å². The van der Waals surface area contributed by atoms with Gasteiger partial charge in [-0.3, -0.25) is 0 Å². The largest absolute Gasteiger partial charge is 0.389 e. The molecule has 0 saturated heterocycles. The second kappa shape index (κ2) is 5.41. The fourth-order valence-corrected chi connectivity index (χ4v) is 1.43. The highest BCUT2D eigenvalue weighted by Crippen LogP contribution is 2.11. The summed E-state index contributed by atoms with van der Waals surface area (Å²) in [5.41, 5.74) is 0.965. The van der Waals surface area contributed by atoms with Crippen molar-refractivity contribution in [2.75, 3.05) is 6.54 Å². The van der Waals surface area contributed by atoms with Gasteiger partial charge in [-0.15, -0.1) is 0 Å². The molecule has 0 aliphatic heterocycles. The maximum absolute atomic E-state index is 13.4. The summed E-state index contributed by atoms with van der Waals surface area (Å²) in [6.45, 7) is 6.55. The van der Waals surface area contributed by atoms with Crippen LogP contribution in [0.5, 0.6) is 0 Å². The molecule has 90 valence electrons. The molecule has 2 nitrogen and oxygen atoms in total. The van der Waals surface area contributed by atoms with E-state index in [0.29, 0.717) is 25.1 Å². The molecule has 3 heteroatoms. The van der Waals surface area contributed by atoms with Gasteiger partial charge in [0.2, 0.25) is 0 Å². The molecular formula is C13H20FNO. The molecule has 0 fully saturated rings. The Balaban J connectivity index is 2.52. The Labute approximate surface area is 96.5 Å². The van der Waals surface area contributed by atoms with Crippen LogP contribution >= 0.6 is 0 Å². The summed E-state index contributed by atoms with van der Waals surface area (Å²) >= 11 is 0. The first-order chi connectivity index (χ1) is 7.44. The monoisotopic (exact) mass is 225 g/mol. The number of benzene rings is 1. The van der Waals surface area contributed by atoms with E-state index in [1.165, 1.54) is 6.07 Å². The Bertz CT molecular complexity index is 350. The summed E-state index contributed by atoms with van der Waals surface area (Å²) in [7, 11) is 0. The number of rotatable bonds is 5. The van der Waals surface area contributed by atoms with Crippen LogP contribution in [0.4, 0.5) is 4.39 Å². The van der Waals surface area contributed by atoms with E-state index in [4.69, 9.17) is 0 Å². The molecule has 0 amide bonds. The van der Waals surface area contributed by atoms with E-state index in [1.807, 2.05) is 19.9 Å². The first-order valence-electron chi connectivity index (χ1n) is 5.63. The third-order valence-corrected chi connectivity index (χ3v) is 2.78. The van der Waals surface area contributed by atoms with Crippen molar-refractivity contribution in [1.29, 1.82) is 0 Å². The number of aryl methyl sites for hydroxylation is 1. The minimum atomic E-state index is -0.722. The van der Waals surface area contributed by atoms with Crippen molar-refractivity contribution < 1.29 is 9.50 Å². The van der Waals surface area contributed by atoms with Crippen molar-refractivity contribution in [2.45, 2.75) is 39.3 Å². The van der Waals surface area contributed by atoms with Crippen LogP contribution in [0.15, 0.2) is 18.2 Å². The Morgan fingerprint density at radius 3 is 2.75 bits per heavy atom. The molecule has 0 radical (unpaired) electrons. The van der Waals surface area contributed by atoms with E-state index in [2.05, 4.69) is 5.32 Å². The fourth-order valence-electron chi connectivity index (χ4n) is 1.43. The van der Waals surface area contributed by atoms with Crippen molar-refractivity contribution in [1.82, 2.24) is 5.32 Å². The van der Waals surface area contributed by atoms with Crippen LogP contribution in [0, 0.1) is 12.7 Å². The van der Waals surface area contributed by atoms with E-state index in [9.17, 15) is 9.50 Å². The summed E-state index contributed by atoms with van der Waals surface area (Å²) in [5, 5.41) is 12.8. The number of nitrogens with one attached hydrogen (secondary N) is 1. The highest BCUT2D eigenvalue weighted by molar-refractivity contribution is 5.23. The number of hydrogen-bond donors (Lipinski definition) is 2. The van der Waals surface area contributed by atoms with Gasteiger partial charge >= 0.3 is 0 Å². The van der Waals surface area contributed by atoms with E-state index in [1.54, 1.807) is 13.0 Å². The molecule has 2 N–H and O–H groups in total. The highest BCUT2D eigenvalue weighted by Gasteiger charge is 2.16. The van der Waals surface area contributed by atoms with Crippen LogP contribution in [-0.4, -0.2) is 17.3 Å². The average Bonchev–Trinajstić information content (AvgIpc) is 2.23. The molecule has 0 saturated carbocycles. The van der Waals surface area contributed by atoms with Gasteiger partial charge in [0, 0.05) is 18.7 Å². The number of halogens is 1. The lowest BCUT2D eigenvalue weighted by atomic mass is 10.0. The van der Waals surface area contributed by atoms with Gasteiger partial charge in [0.15, 0.2) is 0 Å². The molecular weight excluding hydrogens is 205 g/mol. The Hall–Kier alpha value is -0.930. The molecule has 0 aromatic heterocycles. The van der Waals surface area contributed by atoms with Gasteiger partial charge in [0.05, 0.1) is 5.60 Å². The summed E-state index contributed by atoms with van der Waals surface area (Å²) < 4.78 is 13.4. The normalized spacial score (nSPS) is 14.8. The molecule has 0 spiro atoms. The molecule has 1 unspecified atom stereocenters.